The fourth-order valence-electron chi connectivity index (χ4n) is 1.78. The summed E-state index contributed by atoms with van der Waals surface area (Å²) in [4.78, 5) is 4.66. The summed E-state index contributed by atoms with van der Waals surface area (Å²) in [5.41, 5.74) is 0.823. The van der Waals surface area contributed by atoms with Gasteiger partial charge in [0.25, 0.3) is 0 Å². The maximum Gasteiger partial charge on any atom is 0.175 e. The number of halogens is 1. The van der Waals surface area contributed by atoms with Gasteiger partial charge in [0.05, 0.1) is 16.5 Å². The molecule has 7 heteroatoms. The van der Waals surface area contributed by atoms with Crippen molar-refractivity contribution in [3.8, 4) is 5.75 Å². The van der Waals surface area contributed by atoms with Crippen molar-refractivity contribution in [2.75, 3.05) is 6.26 Å². The third-order valence-electron chi connectivity index (χ3n) is 2.86. The van der Waals surface area contributed by atoms with Crippen LogP contribution in [0.15, 0.2) is 34.5 Å². The summed E-state index contributed by atoms with van der Waals surface area (Å²) in [6, 6.07) is 6.50. The second-order valence-electron chi connectivity index (χ2n) is 4.57. The molecule has 0 aliphatic rings. The molecule has 0 radical (unpaired) electrons. The van der Waals surface area contributed by atoms with E-state index in [2.05, 4.69) is 4.98 Å². The normalized spacial score (nSPS) is 13.1. The summed E-state index contributed by atoms with van der Waals surface area (Å²) in [5.74, 6) is 0.892. The highest BCUT2D eigenvalue weighted by Crippen LogP contribution is 2.28. The van der Waals surface area contributed by atoms with Crippen LogP contribution in [0.4, 0.5) is 0 Å². The summed E-state index contributed by atoms with van der Waals surface area (Å²) < 4.78 is 29.0. The van der Waals surface area contributed by atoms with Crippen LogP contribution < -0.4 is 4.74 Å². The number of alkyl halides is 1. The number of rotatable bonds is 6. The number of nitrogens with zero attached hydrogens (tertiary/aromatic N) is 1. The Kier molecular flexibility index (Phi) is 5.24. The van der Waals surface area contributed by atoms with E-state index >= 15 is 0 Å². The van der Waals surface area contributed by atoms with Gasteiger partial charge in [-0.05, 0) is 24.6 Å². The molecule has 0 aliphatic heterocycles. The van der Waals surface area contributed by atoms with E-state index in [4.69, 9.17) is 16.3 Å². The molecule has 1 aromatic heterocycles. The van der Waals surface area contributed by atoms with Gasteiger partial charge in [-0.15, -0.1) is 22.9 Å². The number of hydrogen-bond donors (Lipinski definition) is 0. The summed E-state index contributed by atoms with van der Waals surface area (Å²) in [7, 11) is -3.24. The second-order valence-corrected chi connectivity index (χ2v) is 7.75. The molecule has 1 heterocycles. The van der Waals surface area contributed by atoms with E-state index < -0.39 is 9.84 Å². The van der Waals surface area contributed by atoms with Gasteiger partial charge in [-0.1, -0.05) is 13.0 Å². The molecule has 1 aromatic carbocycles. The molecule has 21 heavy (non-hydrogen) atoms. The third kappa shape index (κ3) is 4.18. The van der Waals surface area contributed by atoms with E-state index in [9.17, 15) is 8.42 Å². The average molecular weight is 346 g/mol. The monoisotopic (exact) mass is 345 g/mol. The van der Waals surface area contributed by atoms with Crippen molar-refractivity contribution in [2.45, 2.75) is 30.2 Å². The molecule has 1 unspecified atom stereocenters. The first kappa shape index (κ1) is 16.3. The third-order valence-corrected chi connectivity index (χ3v) is 5.23. The van der Waals surface area contributed by atoms with Crippen LogP contribution in [0.2, 0.25) is 0 Å². The van der Waals surface area contributed by atoms with Crippen molar-refractivity contribution in [3.63, 3.8) is 0 Å². The van der Waals surface area contributed by atoms with Gasteiger partial charge in [0.1, 0.15) is 16.9 Å². The largest absolute Gasteiger partial charge is 0.483 e. The highest BCUT2D eigenvalue weighted by atomic mass is 35.5. The Hall–Kier alpha value is -1.11. The van der Waals surface area contributed by atoms with Crippen molar-refractivity contribution in [1.29, 1.82) is 0 Å². The smallest absolute Gasteiger partial charge is 0.175 e. The van der Waals surface area contributed by atoms with Crippen LogP contribution in [0.1, 0.15) is 30.2 Å². The summed E-state index contributed by atoms with van der Waals surface area (Å²) in [6.07, 6.45) is 1.71. The highest BCUT2D eigenvalue weighted by Gasteiger charge is 2.16. The molecule has 0 N–H and O–H groups in total. The predicted molar refractivity (Wildman–Crippen MR) is 84.9 cm³/mol. The second kappa shape index (κ2) is 6.77. The van der Waals surface area contributed by atoms with E-state index in [1.54, 1.807) is 18.2 Å². The lowest BCUT2D eigenvalue weighted by Gasteiger charge is -2.15. The molecule has 0 saturated carbocycles. The first-order valence-corrected chi connectivity index (χ1v) is 9.71. The van der Waals surface area contributed by atoms with Crippen LogP contribution in [-0.4, -0.2) is 19.7 Å². The maximum absolute atomic E-state index is 11.6. The quantitative estimate of drug-likeness (QED) is 0.747. The van der Waals surface area contributed by atoms with Crippen LogP contribution in [0.3, 0.4) is 0 Å². The van der Waals surface area contributed by atoms with Gasteiger partial charge in [0, 0.05) is 11.6 Å². The molecule has 4 nitrogen and oxygen atoms in total. The number of sulfone groups is 1. The van der Waals surface area contributed by atoms with Gasteiger partial charge in [0.15, 0.2) is 9.84 Å². The van der Waals surface area contributed by atoms with Crippen LogP contribution in [0.5, 0.6) is 5.75 Å². The Labute approximate surface area is 133 Å². The topological polar surface area (TPSA) is 56.3 Å². The molecular weight excluding hydrogens is 330 g/mol. The van der Waals surface area contributed by atoms with Gasteiger partial charge in [-0.3, -0.25) is 0 Å². The molecule has 0 aliphatic carbocycles. The Bertz CT molecular complexity index is 713. The Morgan fingerprint density at radius 1 is 1.43 bits per heavy atom. The number of hydrogen-bond acceptors (Lipinski definition) is 5. The first-order chi connectivity index (χ1) is 9.94. The van der Waals surface area contributed by atoms with Crippen molar-refractivity contribution in [2.24, 2.45) is 0 Å². The molecular formula is C14H16ClNO3S2. The van der Waals surface area contributed by atoms with Gasteiger partial charge in [-0.2, -0.15) is 0 Å². The van der Waals surface area contributed by atoms with E-state index in [0.717, 1.165) is 17.1 Å². The number of benzene rings is 1. The minimum Gasteiger partial charge on any atom is -0.483 e. The van der Waals surface area contributed by atoms with E-state index in [-0.39, 0.29) is 11.0 Å². The molecule has 0 fully saturated rings. The lowest BCUT2D eigenvalue weighted by molar-refractivity contribution is 0.200. The lowest BCUT2D eigenvalue weighted by Crippen LogP contribution is -2.07. The molecule has 114 valence electrons. The lowest BCUT2D eigenvalue weighted by atomic mass is 10.3. The van der Waals surface area contributed by atoms with E-state index in [1.165, 1.54) is 23.7 Å². The van der Waals surface area contributed by atoms with Crippen LogP contribution in [0, 0.1) is 0 Å². The molecule has 0 bridgehead atoms. The molecule has 0 saturated heterocycles. The van der Waals surface area contributed by atoms with Gasteiger partial charge < -0.3 is 4.74 Å². The molecule has 2 rings (SSSR count). The van der Waals surface area contributed by atoms with Crippen molar-refractivity contribution < 1.29 is 13.2 Å². The SMILES string of the molecule is CCC(Oc1cccc(S(C)(=O)=O)c1)c1nc(CCl)cs1. The number of ether oxygens (including phenoxy) is 1. The number of thiazole rings is 1. The minimum atomic E-state index is -3.24. The molecule has 0 spiro atoms. The molecule has 2 aromatic rings. The van der Waals surface area contributed by atoms with Crippen LogP contribution in [0.25, 0.3) is 0 Å². The van der Waals surface area contributed by atoms with Crippen molar-refractivity contribution in [1.82, 2.24) is 4.98 Å². The minimum absolute atomic E-state index is 0.207. The van der Waals surface area contributed by atoms with E-state index in [1.807, 2.05) is 12.3 Å². The standard InChI is InChI=1S/C14H16ClNO3S2/c1-3-13(14-16-10(8-15)9-20-14)19-11-5-4-6-12(7-11)21(2,17)18/h4-7,9,13H,3,8H2,1-2H3. The Morgan fingerprint density at radius 3 is 2.76 bits per heavy atom. The Balaban J connectivity index is 2.22. The van der Waals surface area contributed by atoms with Crippen LogP contribution in [-0.2, 0) is 15.7 Å². The zero-order chi connectivity index (χ0) is 15.5. The van der Waals surface area contributed by atoms with E-state index in [0.29, 0.717) is 11.6 Å². The van der Waals surface area contributed by atoms with Gasteiger partial charge in [-0.25, -0.2) is 13.4 Å². The van der Waals surface area contributed by atoms with Crippen molar-refractivity contribution >= 4 is 32.8 Å². The fraction of sp³-hybridized carbons (Fsp3) is 0.357. The number of aromatic nitrogens is 1. The zero-order valence-electron chi connectivity index (χ0n) is 11.7. The Morgan fingerprint density at radius 2 is 2.19 bits per heavy atom. The predicted octanol–water partition coefficient (Wildman–Crippen LogP) is 3.82. The summed E-state index contributed by atoms with van der Waals surface area (Å²) in [5, 5.41) is 2.75. The fourth-order valence-corrected chi connectivity index (χ4v) is 3.60. The first-order valence-electron chi connectivity index (χ1n) is 6.41. The molecule has 0 amide bonds. The summed E-state index contributed by atoms with van der Waals surface area (Å²) >= 11 is 7.25. The maximum atomic E-state index is 11.6. The highest BCUT2D eigenvalue weighted by molar-refractivity contribution is 7.90. The molecule has 1 atom stereocenters. The van der Waals surface area contributed by atoms with Crippen molar-refractivity contribution in [3.05, 3.63) is 40.3 Å². The summed E-state index contributed by atoms with van der Waals surface area (Å²) in [6.45, 7) is 1.99. The average Bonchev–Trinajstić information content (AvgIpc) is 2.93. The van der Waals surface area contributed by atoms with Gasteiger partial charge >= 0.3 is 0 Å². The zero-order valence-corrected chi connectivity index (χ0v) is 14.1. The van der Waals surface area contributed by atoms with Gasteiger partial charge in [0.2, 0.25) is 0 Å². The van der Waals surface area contributed by atoms with Crippen LogP contribution >= 0.6 is 22.9 Å².